The molecule has 3 nitrogen and oxygen atoms in total. The van der Waals surface area contributed by atoms with E-state index in [1.807, 2.05) is 6.07 Å². The van der Waals surface area contributed by atoms with Gasteiger partial charge in [0.1, 0.15) is 13.2 Å². The van der Waals surface area contributed by atoms with E-state index in [4.69, 9.17) is 9.47 Å². The molecule has 3 heteroatoms. The molecule has 2 aromatic rings. The van der Waals surface area contributed by atoms with Crippen LogP contribution in [0.4, 0.5) is 0 Å². The van der Waals surface area contributed by atoms with Crippen molar-refractivity contribution in [1.29, 1.82) is 0 Å². The SMILES string of the molecule is Cc1ccccc1CCNCc1ccc2c(c1)OCCO2. The summed E-state index contributed by atoms with van der Waals surface area (Å²) in [4.78, 5) is 0. The summed E-state index contributed by atoms with van der Waals surface area (Å²) in [5.74, 6) is 1.71. The molecule has 0 spiro atoms. The first-order valence-electron chi connectivity index (χ1n) is 7.47. The third-order valence-corrected chi connectivity index (χ3v) is 3.77. The Hall–Kier alpha value is -2.00. The van der Waals surface area contributed by atoms with Crippen LogP contribution in [-0.4, -0.2) is 19.8 Å². The largest absolute Gasteiger partial charge is 0.486 e. The minimum atomic E-state index is 0.636. The summed E-state index contributed by atoms with van der Waals surface area (Å²) >= 11 is 0. The Morgan fingerprint density at radius 1 is 1.00 bits per heavy atom. The molecular formula is C18H21NO2. The zero-order valence-electron chi connectivity index (χ0n) is 12.4. The predicted octanol–water partition coefficient (Wildman–Crippen LogP) is 3.10. The average molecular weight is 283 g/mol. The summed E-state index contributed by atoms with van der Waals surface area (Å²) in [6, 6.07) is 14.7. The van der Waals surface area contributed by atoms with Crippen molar-refractivity contribution < 1.29 is 9.47 Å². The zero-order chi connectivity index (χ0) is 14.5. The van der Waals surface area contributed by atoms with Crippen LogP contribution in [-0.2, 0) is 13.0 Å². The Morgan fingerprint density at radius 2 is 1.81 bits per heavy atom. The lowest BCUT2D eigenvalue weighted by atomic mass is 10.1. The Bertz CT molecular complexity index is 610. The van der Waals surface area contributed by atoms with Crippen LogP contribution in [0.3, 0.4) is 0 Å². The molecule has 0 aliphatic carbocycles. The van der Waals surface area contributed by atoms with E-state index in [-0.39, 0.29) is 0 Å². The van der Waals surface area contributed by atoms with Crippen molar-refractivity contribution >= 4 is 0 Å². The van der Waals surface area contributed by atoms with Crippen LogP contribution < -0.4 is 14.8 Å². The molecule has 0 atom stereocenters. The van der Waals surface area contributed by atoms with E-state index in [9.17, 15) is 0 Å². The van der Waals surface area contributed by atoms with Crippen molar-refractivity contribution in [2.45, 2.75) is 19.9 Å². The van der Waals surface area contributed by atoms with E-state index in [2.05, 4.69) is 48.6 Å². The number of hydrogen-bond acceptors (Lipinski definition) is 3. The summed E-state index contributed by atoms with van der Waals surface area (Å²) < 4.78 is 11.1. The molecule has 0 bridgehead atoms. The van der Waals surface area contributed by atoms with Crippen molar-refractivity contribution in [2.75, 3.05) is 19.8 Å². The van der Waals surface area contributed by atoms with Gasteiger partial charge in [-0.15, -0.1) is 0 Å². The lowest BCUT2D eigenvalue weighted by Crippen LogP contribution is -2.18. The Morgan fingerprint density at radius 3 is 2.67 bits per heavy atom. The molecule has 1 heterocycles. The van der Waals surface area contributed by atoms with Gasteiger partial charge in [-0.25, -0.2) is 0 Å². The van der Waals surface area contributed by atoms with Crippen molar-refractivity contribution in [1.82, 2.24) is 5.32 Å². The molecule has 1 aliphatic heterocycles. The van der Waals surface area contributed by atoms with Crippen LogP contribution in [0, 0.1) is 6.92 Å². The second-order valence-corrected chi connectivity index (χ2v) is 5.33. The number of nitrogens with one attached hydrogen (secondary N) is 1. The van der Waals surface area contributed by atoms with E-state index in [1.54, 1.807) is 0 Å². The van der Waals surface area contributed by atoms with E-state index >= 15 is 0 Å². The third-order valence-electron chi connectivity index (χ3n) is 3.77. The Balaban J connectivity index is 1.50. The van der Waals surface area contributed by atoms with Gasteiger partial charge >= 0.3 is 0 Å². The molecule has 21 heavy (non-hydrogen) atoms. The molecule has 3 rings (SSSR count). The molecule has 0 saturated carbocycles. The molecule has 1 aliphatic rings. The van der Waals surface area contributed by atoms with Crippen molar-refractivity contribution in [3.63, 3.8) is 0 Å². The maximum atomic E-state index is 5.60. The minimum Gasteiger partial charge on any atom is -0.486 e. The van der Waals surface area contributed by atoms with E-state index in [0.29, 0.717) is 13.2 Å². The maximum Gasteiger partial charge on any atom is 0.161 e. The molecule has 0 amide bonds. The summed E-state index contributed by atoms with van der Waals surface area (Å²) in [6.07, 6.45) is 1.05. The predicted molar refractivity (Wildman–Crippen MR) is 84.0 cm³/mol. The highest BCUT2D eigenvalue weighted by molar-refractivity contribution is 5.43. The van der Waals surface area contributed by atoms with Gasteiger partial charge in [0.05, 0.1) is 0 Å². The van der Waals surface area contributed by atoms with Gasteiger partial charge in [-0.05, 0) is 48.7 Å². The highest BCUT2D eigenvalue weighted by Crippen LogP contribution is 2.30. The van der Waals surface area contributed by atoms with Gasteiger partial charge in [-0.1, -0.05) is 30.3 Å². The highest BCUT2D eigenvalue weighted by atomic mass is 16.6. The first-order valence-corrected chi connectivity index (χ1v) is 7.47. The van der Waals surface area contributed by atoms with E-state index in [1.165, 1.54) is 16.7 Å². The zero-order valence-corrected chi connectivity index (χ0v) is 12.4. The number of rotatable bonds is 5. The molecule has 0 fully saturated rings. The van der Waals surface area contributed by atoms with Crippen LogP contribution in [0.1, 0.15) is 16.7 Å². The topological polar surface area (TPSA) is 30.5 Å². The number of fused-ring (bicyclic) bond motifs is 1. The number of hydrogen-bond donors (Lipinski definition) is 1. The van der Waals surface area contributed by atoms with Crippen LogP contribution in [0.5, 0.6) is 11.5 Å². The highest BCUT2D eigenvalue weighted by Gasteiger charge is 2.11. The van der Waals surface area contributed by atoms with Gasteiger partial charge in [0.25, 0.3) is 0 Å². The smallest absolute Gasteiger partial charge is 0.161 e. The fraction of sp³-hybridized carbons (Fsp3) is 0.333. The van der Waals surface area contributed by atoms with Crippen molar-refractivity contribution in [2.24, 2.45) is 0 Å². The van der Waals surface area contributed by atoms with Crippen LogP contribution in [0.25, 0.3) is 0 Å². The average Bonchev–Trinajstić information content (AvgIpc) is 2.53. The Kier molecular flexibility index (Phi) is 4.41. The monoisotopic (exact) mass is 283 g/mol. The van der Waals surface area contributed by atoms with Crippen LogP contribution in [0.15, 0.2) is 42.5 Å². The molecular weight excluding hydrogens is 262 g/mol. The number of ether oxygens (including phenoxy) is 2. The lowest BCUT2D eigenvalue weighted by Gasteiger charge is -2.19. The molecule has 0 radical (unpaired) electrons. The minimum absolute atomic E-state index is 0.636. The molecule has 2 aromatic carbocycles. The third kappa shape index (κ3) is 3.56. The summed E-state index contributed by atoms with van der Waals surface area (Å²) in [5, 5.41) is 3.49. The van der Waals surface area contributed by atoms with Crippen molar-refractivity contribution in [3.8, 4) is 11.5 Å². The first-order chi connectivity index (χ1) is 10.3. The van der Waals surface area contributed by atoms with Gasteiger partial charge in [0.15, 0.2) is 11.5 Å². The van der Waals surface area contributed by atoms with Crippen LogP contribution in [0.2, 0.25) is 0 Å². The fourth-order valence-electron chi connectivity index (χ4n) is 2.54. The molecule has 0 unspecified atom stereocenters. The van der Waals surface area contributed by atoms with Gasteiger partial charge in [0.2, 0.25) is 0 Å². The van der Waals surface area contributed by atoms with Crippen LogP contribution >= 0.6 is 0 Å². The fourth-order valence-corrected chi connectivity index (χ4v) is 2.54. The maximum absolute atomic E-state index is 5.60. The summed E-state index contributed by atoms with van der Waals surface area (Å²) in [7, 11) is 0. The second-order valence-electron chi connectivity index (χ2n) is 5.33. The van der Waals surface area contributed by atoms with Gasteiger partial charge in [-0.2, -0.15) is 0 Å². The van der Waals surface area contributed by atoms with Crippen molar-refractivity contribution in [3.05, 3.63) is 59.2 Å². The molecule has 0 aromatic heterocycles. The summed E-state index contributed by atoms with van der Waals surface area (Å²) in [5.41, 5.74) is 4.00. The number of benzene rings is 2. The van der Waals surface area contributed by atoms with Gasteiger partial charge < -0.3 is 14.8 Å². The lowest BCUT2D eigenvalue weighted by molar-refractivity contribution is 0.171. The van der Waals surface area contributed by atoms with Gasteiger partial charge in [0, 0.05) is 6.54 Å². The molecule has 110 valence electrons. The molecule has 1 N–H and O–H groups in total. The molecule has 0 saturated heterocycles. The van der Waals surface area contributed by atoms with E-state index in [0.717, 1.165) is 31.0 Å². The summed E-state index contributed by atoms with van der Waals surface area (Å²) in [6.45, 7) is 5.26. The van der Waals surface area contributed by atoms with E-state index < -0.39 is 0 Å². The van der Waals surface area contributed by atoms with Gasteiger partial charge in [-0.3, -0.25) is 0 Å². The standard InChI is InChI=1S/C18H21NO2/c1-14-4-2-3-5-16(14)8-9-19-13-15-6-7-17-18(12-15)21-11-10-20-17/h2-7,12,19H,8-11,13H2,1H3. The normalized spacial score (nSPS) is 13.2. The number of aryl methyl sites for hydroxylation is 1. The second kappa shape index (κ2) is 6.64. The first kappa shape index (κ1) is 14.0. The quantitative estimate of drug-likeness (QED) is 0.855. The Labute approximate surface area is 125 Å².